The predicted molar refractivity (Wildman–Crippen MR) is 72.0 cm³/mol. The summed E-state index contributed by atoms with van der Waals surface area (Å²) in [5.41, 5.74) is 6.16. The summed E-state index contributed by atoms with van der Waals surface area (Å²) in [5.74, 6) is -0.0248. The summed E-state index contributed by atoms with van der Waals surface area (Å²) in [7, 11) is 0. The van der Waals surface area contributed by atoms with Gasteiger partial charge in [0.15, 0.2) is 5.82 Å². The molecule has 20 heavy (non-hydrogen) atoms. The van der Waals surface area contributed by atoms with E-state index in [1.54, 1.807) is 0 Å². The third-order valence-electron chi connectivity index (χ3n) is 2.84. The number of anilines is 2. The zero-order chi connectivity index (χ0) is 14.5. The van der Waals surface area contributed by atoms with Crippen LogP contribution >= 0.6 is 0 Å². The minimum atomic E-state index is -0.538. The Morgan fingerprint density at radius 2 is 2.30 bits per heavy atom. The molecule has 8 heteroatoms. The molecular weight excluding hydrogens is 262 g/mol. The molecule has 2 heterocycles. The van der Waals surface area contributed by atoms with Gasteiger partial charge in [-0.05, 0) is 12.8 Å². The lowest BCUT2D eigenvalue weighted by Crippen LogP contribution is -2.47. The topological polar surface area (TPSA) is 119 Å². The van der Waals surface area contributed by atoms with Crippen molar-refractivity contribution in [3.05, 3.63) is 6.33 Å². The van der Waals surface area contributed by atoms with Crippen LogP contribution in [0.2, 0.25) is 0 Å². The average molecular weight is 279 g/mol. The highest BCUT2D eigenvalue weighted by molar-refractivity contribution is 6.01. The highest BCUT2D eigenvalue weighted by Crippen LogP contribution is 2.26. The van der Waals surface area contributed by atoms with E-state index in [9.17, 15) is 9.59 Å². The number of rotatable bonds is 5. The Balaban J connectivity index is 2.09. The third kappa shape index (κ3) is 3.14. The van der Waals surface area contributed by atoms with E-state index < -0.39 is 6.04 Å². The average Bonchev–Trinajstić information content (AvgIpc) is 2.42. The first-order valence-corrected chi connectivity index (χ1v) is 6.45. The van der Waals surface area contributed by atoms with Crippen molar-refractivity contribution >= 4 is 23.3 Å². The van der Waals surface area contributed by atoms with Crippen LogP contribution in [0.5, 0.6) is 5.88 Å². The summed E-state index contributed by atoms with van der Waals surface area (Å²) >= 11 is 0. The number of nitrogens with zero attached hydrogens (tertiary/aromatic N) is 2. The van der Waals surface area contributed by atoms with Gasteiger partial charge in [0.25, 0.3) is 0 Å². The van der Waals surface area contributed by atoms with Crippen LogP contribution in [-0.2, 0) is 9.59 Å². The van der Waals surface area contributed by atoms with Crippen molar-refractivity contribution in [2.24, 2.45) is 0 Å². The molecule has 4 N–H and O–H groups in total. The number of piperidine rings is 1. The first kappa shape index (κ1) is 14.0. The maximum Gasteiger partial charge on any atom is 0.249 e. The molecule has 1 unspecified atom stereocenters. The fourth-order valence-corrected chi connectivity index (χ4v) is 1.80. The van der Waals surface area contributed by atoms with Gasteiger partial charge in [0.05, 0.1) is 6.61 Å². The van der Waals surface area contributed by atoms with E-state index in [1.807, 2.05) is 6.92 Å². The fourth-order valence-electron chi connectivity index (χ4n) is 1.80. The number of imide groups is 1. The van der Waals surface area contributed by atoms with Crippen LogP contribution < -0.4 is 21.1 Å². The molecule has 2 rings (SSSR count). The number of aromatic nitrogens is 2. The molecule has 1 aliphatic heterocycles. The van der Waals surface area contributed by atoms with Gasteiger partial charge in [-0.3, -0.25) is 14.9 Å². The molecule has 1 aromatic heterocycles. The van der Waals surface area contributed by atoms with Crippen molar-refractivity contribution in [2.75, 3.05) is 17.7 Å². The van der Waals surface area contributed by atoms with Crippen molar-refractivity contribution in [1.82, 2.24) is 15.3 Å². The first-order valence-electron chi connectivity index (χ1n) is 6.45. The number of nitrogens with two attached hydrogens (primary N) is 1. The Morgan fingerprint density at radius 1 is 1.50 bits per heavy atom. The maximum atomic E-state index is 11.7. The Labute approximate surface area is 116 Å². The Bertz CT molecular complexity index is 520. The molecule has 2 amide bonds. The van der Waals surface area contributed by atoms with E-state index in [1.165, 1.54) is 6.33 Å². The number of amides is 2. The fraction of sp³-hybridized carbons (Fsp3) is 0.500. The highest BCUT2D eigenvalue weighted by atomic mass is 16.5. The monoisotopic (exact) mass is 279 g/mol. The summed E-state index contributed by atoms with van der Waals surface area (Å²) in [6.07, 6.45) is 2.84. The molecule has 1 aromatic rings. The summed E-state index contributed by atoms with van der Waals surface area (Å²) in [6.45, 7) is 2.47. The second kappa shape index (κ2) is 6.18. The number of hydrogen-bond acceptors (Lipinski definition) is 7. The van der Waals surface area contributed by atoms with Crippen LogP contribution in [0.25, 0.3) is 0 Å². The normalized spacial score (nSPS) is 18.6. The zero-order valence-electron chi connectivity index (χ0n) is 11.2. The number of nitrogens with one attached hydrogen (secondary N) is 2. The summed E-state index contributed by atoms with van der Waals surface area (Å²) in [5, 5.41) is 5.18. The van der Waals surface area contributed by atoms with Gasteiger partial charge in [-0.2, -0.15) is 4.98 Å². The highest BCUT2D eigenvalue weighted by Gasteiger charge is 2.27. The molecule has 0 radical (unpaired) electrons. The van der Waals surface area contributed by atoms with Crippen molar-refractivity contribution in [3.8, 4) is 5.88 Å². The molecule has 1 fully saturated rings. The van der Waals surface area contributed by atoms with Crippen LogP contribution in [0.1, 0.15) is 26.2 Å². The van der Waals surface area contributed by atoms with Gasteiger partial charge in [0.2, 0.25) is 17.7 Å². The quantitative estimate of drug-likeness (QED) is 0.652. The molecule has 0 bridgehead atoms. The maximum absolute atomic E-state index is 11.7. The van der Waals surface area contributed by atoms with Crippen molar-refractivity contribution in [1.29, 1.82) is 0 Å². The van der Waals surface area contributed by atoms with Crippen molar-refractivity contribution in [2.45, 2.75) is 32.2 Å². The molecule has 108 valence electrons. The van der Waals surface area contributed by atoms with Gasteiger partial charge in [-0.25, -0.2) is 4.98 Å². The Kier molecular flexibility index (Phi) is 4.34. The lowest BCUT2D eigenvalue weighted by molar-refractivity contribution is -0.133. The zero-order valence-corrected chi connectivity index (χ0v) is 11.2. The van der Waals surface area contributed by atoms with E-state index >= 15 is 0 Å². The van der Waals surface area contributed by atoms with Crippen LogP contribution in [-0.4, -0.2) is 34.4 Å². The van der Waals surface area contributed by atoms with E-state index in [0.29, 0.717) is 18.8 Å². The molecule has 0 saturated carbocycles. The van der Waals surface area contributed by atoms with E-state index in [-0.39, 0.29) is 29.8 Å². The van der Waals surface area contributed by atoms with Crippen LogP contribution in [0.3, 0.4) is 0 Å². The lowest BCUT2D eigenvalue weighted by atomic mass is 10.1. The van der Waals surface area contributed by atoms with Crippen molar-refractivity contribution in [3.63, 3.8) is 0 Å². The lowest BCUT2D eigenvalue weighted by Gasteiger charge is -2.23. The van der Waals surface area contributed by atoms with Gasteiger partial charge in [0.1, 0.15) is 18.1 Å². The number of ether oxygens (including phenoxy) is 1. The molecule has 1 aliphatic rings. The van der Waals surface area contributed by atoms with Crippen LogP contribution in [0, 0.1) is 0 Å². The van der Waals surface area contributed by atoms with Gasteiger partial charge in [0, 0.05) is 6.42 Å². The summed E-state index contributed by atoms with van der Waals surface area (Å²) < 4.78 is 5.39. The van der Waals surface area contributed by atoms with Gasteiger partial charge < -0.3 is 15.8 Å². The number of hydrogen-bond donors (Lipinski definition) is 3. The number of carbonyl (C=O) groups is 2. The SMILES string of the molecule is CCCOc1ncnc(NC2CCC(=O)NC2=O)c1N. The minimum Gasteiger partial charge on any atom is -0.476 e. The Hall–Kier alpha value is -2.38. The first-order chi connectivity index (χ1) is 9.61. The molecule has 1 atom stereocenters. The van der Waals surface area contributed by atoms with Crippen LogP contribution in [0.4, 0.5) is 11.5 Å². The van der Waals surface area contributed by atoms with Gasteiger partial charge in [-0.15, -0.1) is 0 Å². The second-order valence-electron chi connectivity index (χ2n) is 4.44. The molecule has 8 nitrogen and oxygen atoms in total. The number of nitrogen functional groups attached to an aromatic ring is 1. The molecular formula is C12H17N5O3. The number of carbonyl (C=O) groups excluding carboxylic acids is 2. The summed E-state index contributed by atoms with van der Waals surface area (Å²) in [6, 6.07) is -0.538. The van der Waals surface area contributed by atoms with Crippen molar-refractivity contribution < 1.29 is 14.3 Å². The summed E-state index contributed by atoms with van der Waals surface area (Å²) in [4.78, 5) is 30.7. The van der Waals surface area contributed by atoms with E-state index in [4.69, 9.17) is 10.5 Å². The van der Waals surface area contributed by atoms with Crippen LogP contribution in [0.15, 0.2) is 6.33 Å². The molecule has 1 saturated heterocycles. The smallest absolute Gasteiger partial charge is 0.249 e. The van der Waals surface area contributed by atoms with Gasteiger partial charge >= 0.3 is 0 Å². The molecule has 0 aromatic carbocycles. The molecule has 0 aliphatic carbocycles. The molecule has 0 spiro atoms. The minimum absolute atomic E-state index is 0.255. The predicted octanol–water partition coefficient (Wildman–Crippen LogP) is 0.0647. The standard InChI is InChI=1S/C12H17N5O3/c1-2-5-20-12-9(13)10(14-6-15-12)16-7-3-4-8(18)17-11(7)19/h6-7H,2-5,13H2,1H3,(H,14,15,16)(H,17,18,19). The van der Waals surface area contributed by atoms with E-state index in [0.717, 1.165) is 6.42 Å². The van der Waals surface area contributed by atoms with E-state index in [2.05, 4.69) is 20.6 Å². The van der Waals surface area contributed by atoms with Gasteiger partial charge in [-0.1, -0.05) is 6.92 Å². The largest absolute Gasteiger partial charge is 0.476 e. The third-order valence-corrected chi connectivity index (χ3v) is 2.84. The Morgan fingerprint density at radius 3 is 3.00 bits per heavy atom. The second-order valence-corrected chi connectivity index (χ2v) is 4.44.